The molecule has 1 aromatic rings. The maximum absolute atomic E-state index is 11.5. The first-order valence-corrected chi connectivity index (χ1v) is 6.50. The van der Waals surface area contributed by atoms with Gasteiger partial charge in [-0.1, -0.05) is 28.8 Å². The van der Waals surface area contributed by atoms with E-state index in [4.69, 9.17) is 0 Å². The van der Waals surface area contributed by atoms with Gasteiger partial charge in [-0.3, -0.25) is 4.79 Å². The molecule has 0 aliphatic heterocycles. The van der Waals surface area contributed by atoms with Gasteiger partial charge in [-0.15, -0.1) is 0 Å². The Kier molecular flexibility index (Phi) is 3.17. The predicted octanol–water partition coefficient (Wildman–Crippen LogP) is 3.36. The van der Waals surface area contributed by atoms with E-state index < -0.39 is 11.4 Å². The number of rotatable bonds is 2. The molecular formula is C13H15BrO3. The van der Waals surface area contributed by atoms with Gasteiger partial charge in [-0.25, -0.2) is 0 Å². The van der Waals surface area contributed by atoms with Crippen LogP contribution in [-0.4, -0.2) is 16.2 Å². The molecule has 3 nitrogen and oxygen atoms in total. The van der Waals surface area contributed by atoms with Crippen molar-refractivity contribution in [2.75, 3.05) is 0 Å². The zero-order valence-corrected chi connectivity index (χ0v) is 11.2. The van der Waals surface area contributed by atoms with Crippen molar-refractivity contribution in [3.63, 3.8) is 0 Å². The molecule has 17 heavy (non-hydrogen) atoms. The van der Waals surface area contributed by atoms with Crippen LogP contribution in [0.4, 0.5) is 0 Å². The van der Waals surface area contributed by atoms with E-state index >= 15 is 0 Å². The van der Waals surface area contributed by atoms with E-state index in [1.807, 2.05) is 6.07 Å². The number of aromatic hydroxyl groups is 1. The van der Waals surface area contributed by atoms with Gasteiger partial charge in [0.15, 0.2) is 0 Å². The van der Waals surface area contributed by atoms with Crippen LogP contribution in [0.1, 0.15) is 36.8 Å². The summed E-state index contributed by atoms with van der Waals surface area (Å²) in [5, 5.41) is 19.3. The second kappa shape index (κ2) is 4.33. The smallest absolute Gasteiger partial charge is 0.314 e. The van der Waals surface area contributed by atoms with Crippen LogP contribution in [0.25, 0.3) is 0 Å². The quantitative estimate of drug-likeness (QED) is 0.880. The first-order chi connectivity index (χ1) is 7.97. The Morgan fingerprint density at radius 3 is 2.41 bits per heavy atom. The van der Waals surface area contributed by atoms with Crippen LogP contribution in [0.2, 0.25) is 0 Å². The Morgan fingerprint density at radius 1 is 1.35 bits per heavy atom. The number of hydrogen-bond donors (Lipinski definition) is 2. The fraction of sp³-hybridized carbons (Fsp3) is 0.462. The highest BCUT2D eigenvalue weighted by Gasteiger charge is 2.43. The summed E-state index contributed by atoms with van der Waals surface area (Å²) in [7, 11) is 0. The van der Waals surface area contributed by atoms with Crippen molar-refractivity contribution in [3.8, 4) is 5.75 Å². The molecule has 0 atom stereocenters. The van der Waals surface area contributed by atoms with Gasteiger partial charge in [0.05, 0.1) is 5.41 Å². The van der Waals surface area contributed by atoms with Gasteiger partial charge < -0.3 is 10.2 Å². The molecule has 1 aliphatic carbocycles. The monoisotopic (exact) mass is 298 g/mol. The van der Waals surface area contributed by atoms with Gasteiger partial charge in [0.2, 0.25) is 0 Å². The molecule has 0 radical (unpaired) electrons. The van der Waals surface area contributed by atoms with E-state index in [-0.39, 0.29) is 5.75 Å². The van der Waals surface area contributed by atoms with Gasteiger partial charge >= 0.3 is 5.97 Å². The van der Waals surface area contributed by atoms with Gasteiger partial charge in [-0.05, 0) is 37.5 Å². The highest BCUT2D eigenvalue weighted by Crippen LogP contribution is 2.44. The van der Waals surface area contributed by atoms with Crippen LogP contribution < -0.4 is 0 Å². The number of hydrogen-bond acceptors (Lipinski definition) is 2. The summed E-state index contributed by atoms with van der Waals surface area (Å²) in [6.07, 6.45) is 3.16. The highest BCUT2D eigenvalue weighted by atomic mass is 79.9. The molecule has 0 saturated heterocycles. The topological polar surface area (TPSA) is 57.5 Å². The third-order valence-corrected chi connectivity index (χ3v) is 4.56. The fourth-order valence-electron chi connectivity index (χ4n) is 2.55. The van der Waals surface area contributed by atoms with Crippen molar-refractivity contribution in [2.45, 2.75) is 38.0 Å². The average Bonchev–Trinajstić information content (AvgIpc) is 2.75. The second-order valence-corrected chi connectivity index (χ2v) is 5.55. The lowest BCUT2D eigenvalue weighted by atomic mass is 9.78. The zero-order chi connectivity index (χ0) is 12.6. The molecule has 0 bridgehead atoms. The van der Waals surface area contributed by atoms with E-state index in [0.717, 1.165) is 22.9 Å². The summed E-state index contributed by atoms with van der Waals surface area (Å²) in [5.41, 5.74) is 0.637. The Morgan fingerprint density at radius 2 is 1.94 bits per heavy atom. The summed E-state index contributed by atoms with van der Waals surface area (Å²) >= 11 is 3.36. The van der Waals surface area contributed by atoms with E-state index in [0.29, 0.717) is 18.4 Å². The molecule has 0 amide bonds. The molecule has 0 unspecified atom stereocenters. The largest absolute Gasteiger partial charge is 0.508 e. The van der Waals surface area contributed by atoms with E-state index in [1.54, 1.807) is 13.0 Å². The van der Waals surface area contributed by atoms with Crippen LogP contribution in [0, 0.1) is 6.92 Å². The van der Waals surface area contributed by atoms with Gasteiger partial charge in [0, 0.05) is 10.0 Å². The highest BCUT2D eigenvalue weighted by molar-refractivity contribution is 9.10. The Balaban J connectivity index is 2.55. The van der Waals surface area contributed by atoms with Gasteiger partial charge in [0.25, 0.3) is 0 Å². The predicted molar refractivity (Wildman–Crippen MR) is 68.3 cm³/mol. The molecule has 2 N–H and O–H groups in total. The molecule has 1 aromatic carbocycles. The van der Waals surface area contributed by atoms with Crippen molar-refractivity contribution in [1.82, 2.24) is 0 Å². The minimum atomic E-state index is -0.812. The number of phenolic OH excluding ortho intramolecular Hbond substituents is 1. The number of carboxylic acid groups (broad SMARTS) is 1. The van der Waals surface area contributed by atoms with Crippen LogP contribution in [0.3, 0.4) is 0 Å². The van der Waals surface area contributed by atoms with E-state index in [9.17, 15) is 15.0 Å². The number of carbonyl (C=O) groups is 1. The number of carboxylic acids is 1. The lowest BCUT2D eigenvalue weighted by Gasteiger charge is -2.25. The number of benzene rings is 1. The third-order valence-electron chi connectivity index (χ3n) is 3.74. The van der Waals surface area contributed by atoms with E-state index in [2.05, 4.69) is 15.9 Å². The molecule has 1 aliphatic rings. The molecule has 2 rings (SSSR count). The van der Waals surface area contributed by atoms with E-state index in [1.165, 1.54) is 0 Å². The molecule has 0 aromatic heterocycles. The molecule has 0 heterocycles. The molecule has 4 heteroatoms. The lowest BCUT2D eigenvalue weighted by Crippen LogP contribution is -2.32. The molecular weight excluding hydrogens is 284 g/mol. The van der Waals surface area contributed by atoms with Crippen LogP contribution in [0.15, 0.2) is 16.6 Å². The minimum absolute atomic E-state index is 0.155. The van der Waals surface area contributed by atoms with Gasteiger partial charge in [-0.2, -0.15) is 0 Å². The molecule has 0 spiro atoms. The zero-order valence-electron chi connectivity index (χ0n) is 9.66. The van der Waals surface area contributed by atoms with Gasteiger partial charge in [0.1, 0.15) is 5.75 Å². The normalized spacial score (nSPS) is 18.2. The number of phenols is 1. The number of aliphatic carboxylic acids is 1. The molecule has 1 fully saturated rings. The maximum atomic E-state index is 11.5. The van der Waals surface area contributed by atoms with Crippen LogP contribution in [0.5, 0.6) is 5.75 Å². The minimum Gasteiger partial charge on any atom is -0.508 e. The standard InChI is InChI=1S/C13H15BrO3/c1-8-10(14)6-9(7-11(8)15)13(12(16)17)4-2-3-5-13/h6-7,15H,2-5H2,1H3,(H,16,17). The number of halogens is 1. The second-order valence-electron chi connectivity index (χ2n) is 4.70. The molecule has 1 saturated carbocycles. The SMILES string of the molecule is Cc1c(O)cc(C2(C(=O)O)CCCC2)cc1Br. The first kappa shape index (κ1) is 12.4. The van der Waals surface area contributed by atoms with Crippen molar-refractivity contribution >= 4 is 21.9 Å². The van der Waals surface area contributed by atoms with Crippen LogP contribution in [-0.2, 0) is 10.2 Å². The summed E-state index contributed by atoms with van der Waals surface area (Å²) in [6, 6.07) is 3.42. The Hall–Kier alpha value is -1.03. The summed E-state index contributed by atoms with van der Waals surface area (Å²) in [5.74, 6) is -0.632. The Labute approximate surface area is 109 Å². The molecule has 92 valence electrons. The van der Waals surface area contributed by atoms with Crippen molar-refractivity contribution in [3.05, 3.63) is 27.7 Å². The van der Waals surface area contributed by atoms with Crippen molar-refractivity contribution in [1.29, 1.82) is 0 Å². The summed E-state index contributed by atoms with van der Waals surface area (Å²) in [4.78, 5) is 11.5. The van der Waals surface area contributed by atoms with Crippen molar-refractivity contribution < 1.29 is 15.0 Å². The third kappa shape index (κ3) is 1.95. The summed E-state index contributed by atoms with van der Waals surface area (Å²) < 4.78 is 0.764. The lowest BCUT2D eigenvalue weighted by molar-refractivity contribution is -0.143. The average molecular weight is 299 g/mol. The first-order valence-electron chi connectivity index (χ1n) is 5.70. The Bertz CT molecular complexity index is 439. The van der Waals surface area contributed by atoms with Crippen molar-refractivity contribution in [2.24, 2.45) is 0 Å². The fourth-order valence-corrected chi connectivity index (χ4v) is 2.99. The summed E-state index contributed by atoms with van der Waals surface area (Å²) in [6.45, 7) is 1.80. The maximum Gasteiger partial charge on any atom is 0.314 e. The van der Waals surface area contributed by atoms with Crippen LogP contribution >= 0.6 is 15.9 Å².